The lowest BCUT2D eigenvalue weighted by molar-refractivity contribution is -0.130. The number of benzene rings is 1. The zero-order chi connectivity index (χ0) is 22.7. The van der Waals surface area contributed by atoms with Crippen molar-refractivity contribution < 1.29 is 9.53 Å². The number of aromatic nitrogens is 2. The second kappa shape index (κ2) is 9.32. The van der Waals surface area contributed by atoms with Gasteiger partial charge in [-0.15, -0.1) is 0 Å². The van der Waals surface area contributed by atoms with Crippen molar-refractivity contribution in [1.29, 1.82) is 0 Å². The van der Waals surface area contributed by atoms with Crippen LogP contribution in [0.2, 0.25) is 5.02 Å². The SMILES string of the molecule is C=Cc1ccc(CC#CC(=O)N2Cc3nc(NC4CCOCC4)ncc3C2(C)C)cc1Cl. The highest BCUT2D eigenvalue weighted by Gasteiger charge is 2.41. The van der Waals surface area contributed by atoms with E-state index in [0.29, 0.717) is 30.0 Å². The molecule has 0 saturated carbocycles. The Kier molecular flexibility index (Phi) is 6.50. The van der Waals surface area contributed by atoms with Gasteiger partial charge in [-0.2, -0.15) is 0 Å². The highest BCUT2D eigenvalue weighted by Crippen LogP contribution is 2.37. The van der Waals surface area contributed by atoms with Crippen LogP contribution < -0.4 is 5.32 Å². The van der Waals surface area contributed by atoms with Crippen LogP contribution in [-0.2, 0) is 28.0 Å². The first kappa shape index (κ1) is 22.3. The van der Waals surface area contributed by atoms with Crippen molar-refractivity contribution in [3.63, 3.8) is 0 Å². The predicted molar refractivity (Wildman–Crippen MR) is 126 cm³/mol. The summed E-state index contributed by atoms with van der Waals surface area (Å²) in [5.74, 6) is 6.16. The van der Waals surface area contributed by atoms with Crippen molar-refractivity contribution >= 4 is 29.5 Å². The summed E-state index contributed by atoms with van der Waals surface area (Å²) in [5.41, 5.74) is 3.13. The van der Waals surface area contributed by atoms with Crippen LogP contribution in [0.5, 0.6) is 0 Å². The Balaban J connectivity index is 1.44. The van der Waals surface area contributed by atoms with Crippen molar-refractivity contribution in [2.24, 2.45) is 0 Å². The summed E-state index contributed by atoms with van der Waals surface area (Å²) in [6, 6.07) is 6.02. The van der Waals surface area contributed by atoms with E-state index in [1.165, 1.54) is 0 Å². The zero-order valence-corrected chi connectivity index (χ0v) is 19.2. The number of ether oxygens (including phenoxy) is 1. The fourth-order valence-electron chi connectivity index (χ4n) is 4.10. The van der Waals surface area contributed by atoms with Crippen LogP contribution in [0.1, 0.15) is 49.1 Å². The van der Waals surface area contributed by atoms with E-state index in [4.69, 9.17) is 21.3 Å². The molecule has 7 heteroatoms. The maximum Gasteiger partial charge on any atom is 0.299 e. The van der Waals surface area contributed by atoms with Gasteiger partial charge in [0.15, 0.2) is 0 Å². The molecule has 4 rings (SSSR count). The van der Waals surface area contributed by atoms with E-state index < -0.39 is 5.54 Å². The summed E-state index contributed by atoms with van der Waals surface area (Å²) < 4.78 is 5.41. The molecule has 0 spiro atoms. The average molecular weight is 451 g/mol. The number of nitrogens with one attached hydrogen (secondary N) is 1. The molecule has 2 aliphatic heterocycles. The lowest BCUT2D eigenvalue weighted by Gasteiger charge is -2.30. The molecule has 1 aromatic heterocycles. The summed E-state index contributed by atoms with van der Waals surface area (Å²) in [4.78, 5) is 23.9. The van der Waals surface area contributed by atoms with Gasteiger partial charge in [0.25, 0.3) is 5.91 Å². The minimum Gasteiger partial charge on any atom is -0.381 e. The molecule has 1 N–H and O–H groups in total. The third kappa shape index (κ3) is 4.64. The van der Waals surface area contributed by atoms with Gasteiger partial charge in [0.2, 0.25) is 5.95 Å². The third-order valence-electron chi connectivity index (χ3n) is 6.08. The fourth-order valence-corrected chi connectivity index (χ4v) is 4.38. The number of anilines is 1. The Morgan fingerprint density at radius 3 is 2.91 bits per heavy atom. The lowest BCUT2D eigenvalue weighted by atomic mass is 9.97. The number of nitrogens with zero attached hydrogens (tertiary/aromatic N) is 3. The van der Waals surface area contributed by atoms with E-state index in [9.17, 15) is 4.79 Å². The molecular weight excluding hydrogens is 424 g/mol. The van der Waals surface area contributed by atoms with Crippen molar-refractivity contribution in [3.8, 4) is 11.8 Å². The number of halogens is 1. The van der Waals surface area contributed by atoms with Crippen LogP contribution in [0.3, 0.4) is 0 Å². The molecule has 2 aliphatic rings. The number of fused-ring (bicyclic) bond motifs is 1. The minimum absolute atomic E-state index is 0.222. The highest BCUT2D eigenvalue weighted by molar-refractivity contribution is 6.32. The van der Waals surface area contributed by atoms with Gasteiger partial charge < -0.3 is 15.0 Å². The van der Waals surface area contributed by atoms with Gasteiger partial charge in [0.1, 0.15) is 0 Å². The molecule has 3 heterocycles. The van der Waals surface area contributed by atoms with Crippen LogP contribution in [0, 0.1) is 11.8 Å². The Morgan fingerprint density at radius 1 is 1.41 bits per heavy atom. The van der Waals surface area contributed by atoms with Crippen molar-refractivity contribution in [2.75, 3.05) is 18.5 Å². The zero-order valence-electron chi connectivity index (χ0n) is 18.4. The van der Waals surface area contributed by atoms with Gasteiger partial charge in [0, 0.05) is 42.5 Å². The van der Waals surface area contributed by atoms with Crippen LogP contribution in [0.15, 0.2) is 31.0 Å². The molecule has 32 heavy (non-hydrogen) atoms. The van der Waals surface area contributed by atoms with E-state index in [1.807, 2.05) is 38.2 Å². The molecule has 1 aromatic carbocycles. The summed E-state index contributed by atoms with van der Waals surface area (Å²) in [6.45, 7) is 9.66. The van der Waals surface area contributed by atoms with Gasteiger partial charge in [0.05, 0.1) is 17.8 Å². The topological polar surface area (TPSA) is 67.4 Å². The smallest absolute Gasteiger partial charge is 0.299 e. The Bertz CT molecular complexity index is 1100. The second-order valence-corrected chi connectivity index (χ2v) is 8.98. The Hall–Kier alpha value is -2.88. The highest BCUT2D eigenvalue weighted by atomic mass is 35.5. The van der Waals surface area contributed by atoms with E-state index in [1.54, 1.807) is 11.0 Å². The van der Waals surface area contributed by atoms with Crippen LogP contribution in [0.4, 0.5) is 5.95 Å². The number of hydrogen-bond acceptors (Lipinski definition) is 5. The number of carbonyl (C=O) groups is 1. The first-order valence-electron chi connectivity index (χ1n) is 10.8. The van der Waals surface area contributed by atoms with E-state index in [2.05, 4.69) is 28.7 Å². The van der Waals surface area contributed by atoms with Gasteiger partial charge in [-0.05, 0) is 49.8 Å². The summed E-state index contributed by atoms with van der Waals surface area (Å²) >= 11 is 6.22. The summed E-state index contributed by atoms with van der Waals surface area (Å²) in [5, 5.41) is 4.03. The molecule has 6 nitrogen and oxygen atoms in total. The van der Waals surface area contributed by atoms with E-state index in [-0.39, 0.29) is 5.91 Å². The molecule has 166 valence electrons. The first-order chi connectivity index (χ1) is 15.4. The molecule has 0 atom stereocenters. The molecule has 0 radical (unpaired) electrons. The number of carbonyl (C=O) groups excluding carboxylic acids is 1. The third-order valence-corrected chi connectivity index (χ3v) is 6.41. The molecule has 1 amide bonds. The number of amides is 1. The maximum atomic E-state index is 12.9. The largest absolute Gasteiger partial charge is 0.381 e. The number of rotatable bonds is 4. The number of hydrogen-bond donors (Lipinski definition) is 1. The van der Waals surface area contributed by atoms with Crippen molar-refractivity contribution in [1.82, 2.24) is 14.9 Å². The fraction of sp³-hybridized carbons (Fsp3) is 0.400. The molecule has 0 aliphatic carbocycles. The first-order valence-corrected chi connectivity index (χ1v) is 11.2. The standard InChI is InChI=1S/C25H27ClN4O2/c1-4-18-9-8-17(14-21(18)26)6-5-7-23(31)30-16-22-20(25(30,2)3)15-27-24(29-22)28-19-10-12-32-13-11-19/h4,8-9,14-15,19H,1,6,10-13,16H2,2-3H3,(H,27,28,29). The molecular formula is C25H27ClN4O2. The minimum atomic E-state index is -0.521. The van der Waals surface area contributed by atoms with Gasteiger partial charge in [-0.25, -0.2) is 9.97 Å². The van der Waals surface area contributed by atoms with Gasteiger partial charge in [-0.3, -0.25) is 4.79 Å². The summed E-state index contributed by atoms with van der Waals surface area (Å²) in [6.07, 6.45) is 5.86. The van der Waals surface area contributed by atoms with Crippen LogP contribution in [-0.4, -0.2) is 40.0 Å². The normalized spacial score (nSPS) is 17.3. The molecule has 2 aromatic rings. The van der Waals surface area contributed by atoms with Crippen molar-refractivity contribution in [2.45, 2.75) is 51.2 Å². The molecule has 1 saturated heterocycles. The van der Waals surface area contributed by atoms with Crippen LogP contribution in [0.25, 0.3) is 6.08 Å². The lowest BCUT2D eigenvalue weighted by Crippen LogP contribution is -2.39. The van der Waals surface area contributed by atoms with E-state index in [0.717, 1.165) is 48.4 Å². The maximum absolute atomic E-state index is 12.9. The van der Waals surface area contributed by atoms with Gasteiger partial charge >= 0.3 is 0 Å². The average Bonchev–Trinajstić information content (AvgIpc) is 3.04. The van der Waals surface area contributed by atoms with Gasteiger partial charge in [-0.1, -0.05) is 42.3 Å². The quantitative estimate of drug-likeness (QED) is 0.707. The Morgan fingerprint density at radius 2 is 2.19 bits per heavy atom. The van der Waals surface area contributed by atoms with Crippen LogP contribution >= 0.6 is 11.6 Å². The second-order valence-electron chi connectivity index (χ2n) is 8.57. The molecule has 1 fully saturated rings. The van der Waals surface area contributed by atoms with Crippen molar-refractivity contribution in [3.05, 3.63) is 58.4 Å². The Labute approximate surface area is 194 Å². The molecule has 0 bridgehead atoms. The predicted octanol–water partition coefficient (Wildman–Crippen LogP) is 4.19. The van der Waals surface area contributed by atoms with E-state index >= 15 is 0 Å². The molecule has 0 unspecified atom stereocenters. The summed E-state index contributed by atoms with van der Waals surface area (Å²) in [7, 11) is 0. The monoisotopic (exact) mass is 450 g/mol.